The Bertz CT molecular complexity index is 453. The molecule has 2 atom stereocenters. The van der Waals surface area contributed by atoms with Crippen LogP contribution in [0.3, 0.4) is 0 Å². The summed E-state index contributed by atoms with van der Waals surface area (Å²) in [6, 6.07) is 0. The predicted octanol–water partition coefficient (Wildman–Crippen LogP) is 0.0246. The molecule has 1 aromatic rings. The fraction of sp³-hybridized carbons (Fsp3) is 0.714. The van der Waals surface area contributed by atoms with Gasteiger partial charge in [0, 0.05) is 14.2 Å². The van der Waals surface area contributed by atoms with Crippen molar-refractivity contribution in [3.63, 3.8) is 0 Å². The van der Waals surface area contributed by atoms with Gasteiger partial charge in [-0.05, 0) is 13.8 Å². The third-order valence-corrected chi connectivity index (χ3v) is 2.64. The molecule has 0 fully saturated rings. The highest BCUT2D eigenvalue weighted by Crippen LogP contribution is 1.95. The van der Waals surface area contributed by atoms with Crippen LogP contribution >= 0.6 is 0 Å². The quantitative estimate of drug-likeness (QED) is 0.427. The SMILES string of the molecule is COCO[C@H](C)C(=O)Cn1cncn1.COCO[C@H](C)C(=O)OC. The summed E-state index contributed by atoms with van der Waals surface area (Å²) in [4.78, 5) is 25.8. The van der Waals surface area contributed by atoms with Gasteiger partial charge in [-0.25, -0.2) is 14.5 Å². The number of nitrogens with zero attached hydrogens (tertiary/aromatic N) is 3. The maximum atomic E-state index is 11.4. The lowest BCUT2D eigenvalue weighted by Gasteiger charge is -2.10. The lowest BCUT2D eigenvalue weighted by Crippen LogP contribution is -2.26. The molecule has 138 valence electrons. The Hall–Kier alpha value is -1.88. The van der Waals surface area contributed by atoms with Gasteiger partial charge in [0.1, 0.15) is 38.9 Å². The molecule has 1 heterocycles. The summed E-state index contributed by atoms with van der Waals surface area (Å²) >= 11 is 0. The van der Waals surface area contributed by atoms with Gasteiger partial charge in [-0.2, -0.15) is 5.10 Å². The molecule has 0 saturated heterocycles. The second-order valence-electron chi connectivity index (χ2n) is 4.51. The zero-order valence-electron chi connectivity index (χ0n) is 14.6. The van der Waals surface area contributed by atoms with E-state index in [4.69, 9.17) is 9.47 Å². The molecular weight excluding hydrogens is 322 g/mol. The largest absolute Gasteiger partial charge is 0.467 e. The number of hydrogen-bond donors (Lipinski definition) is 0. The van der Waals surface area contributed by atoms with Crippen molar-refractivity contribution in [3.8, 4) is 0 Å². The van der Waals surface area contributed by atoms with Crippen LogP contribution in [0.15, 0.2) is 12.7 Å². The Kier molecular flexibility index (Phi) is 12.5. The molecule has 10 heteroatoms. The third kappa shape index (κ3) is 10.0. The first kappa shape index (κ1) is 22.1. The van der Waals surface area contributed by atoms with Crippen LogP contribution < -0.4 is 0 Å². The van der Waals surface area contributed by atoms with Gasteiger partial charge in [0.05, 0.1) is 7.11 Å². The highest BCUT2D eigenvalue weighted by Gasteiger charge is 2.14. The van der Waals surface area contributed by atoms with E-state index in [9.17, 15) is 9.59 Å². The van der Waals surface area contributed by atoms with Crippen LogP contribution in [0.2, 0.25) is 0 Å². The number of esters is 1. The second-order valence-corrected chi connectivity index (χ2v) is 4.51. The van der Waals surface area contributed by atoms with Crippen molar-refractivity contribution in [2.75, 3.05) is 34.9 Å². The number of carbonyl (C=O) groups is 2. The first-order chi connectivity index (χ1) is 11.5. The number of carbonyl (C=O) groups excluding carboxylic acids is 2. The van der Waals surface area contributed by atoms with E-state index < -0.39 is 18.2 Å². The Labute approximate surface area is 141 Å². The number of ketones is 1. The molecule has 24 heavy (non-hydrogen) atoms. The molecule has 0 unspecified atom stereocenters. The van der Waals surface area contributed by atoms with Crippen LogP contribution in [0, 0.1) is 0 Å². The summed E-state index contributed by atoms with van der Waals surface area (Å²) in [5, 5.41) is 3.82. The Balaban J connectivity index is 0.000000470. The number of Topliss-reactive ketones (excluding diaryl/α,β-unsaturated/α-hetero) is 1. The maximum Gasteiger partial charge on any atom is 0.334 e. The van der Waals surface area contributed by atoms with E-state index in [1.54, 1.807) is 13.8 Å². The molecular formula is C14H25N3O7. The van der Waals surface area contributed by atoms with Gasteiger partial charge < -0.3 is 23.7 Å². The van der Waals surface area contributed by atoms with E-state index in [2.05, 4.69) is 24.3 Å². The zero-order chi connectivity index (χ0) is 18.4. The molecule has 1 rings (SSSR count). The number of rotatable bonds is 10. The molecule has 0 bridgehead atoms. The standard InChI is InChI=1S/C8H13N3O3.C6H12O4/c1-7(14-6-13-2)8(12)3-11-5-9-4-10-11;1-5(6(7)9-3)10-4-8-2/h4-5,7H,3,6H2,1-2H3;5H,4H2,1-3H3/t7-;5-/m11/s1. The Morgan fingerprint density at radius 3 is 2.08 bits per heavy atom. The lowest BCUT2D eigenvalue weighted by atomic mass is 10.2. The van der Waals surface area contributed by atoms with Gasteiger partial charge in [-0.3, -0.25) is 4.79 Å². The van der Waals surface area contributed by atoms with Crippen LogP contribution in [0.4, 0.5) is 0 Å². The van der Waals surface area contributed by atoms with Crippen molar-refractivity contribution >= 4 is 11.8 Å². The van der Waals surface area contributed by atoms with Crippen molar-refractivity contribution in [2.24, 2.45) is 0 Å². The number of ether oxygens (including phenoxy) is 5. The Morgan fingerprint density at radius 2 is 1.62 bits per heavy atom. The molecule has 0 spiro atoms. The average Bonchev–Trinajstić information content (AvgIpc) is 3.10. The van der Waals surface area contributed by atoms with Gasteiger partial charge in [0.2, 0.25) is 0 Å². The summed E-state index contributed by atoms with van der Waals surface area (Å²) in [5.74, 6) is -0.454. The minimum absolute atomic E-state index is 0.0625. The smallest absolute Gasteiger partial charge is 0.334 e. The maximum absolute atomic E-state index is 11.4. The van der Waals surface area contributed by atoms with Crippen molar-refractivity contribution < 1.29 is 33.3 Å². The van der Waals surface area contributed by atoms with E-state index in [1.165, 1.54) is 38.7 Å². The predicted molar refractivity (Wildman–Crippen MR) is 81.9 cm³/mol. The van der Waals surface area contributed by atoms with E-state index in [1.807, 2.05) is 0 Å². The topological polar surface area (TPSA) is 111 Å². The molecule has 0 aromatic carbocycles. The van der Waals surface area contributed by atoms with Gasteiger partial charge >= 0.3 is 5.97 Å². The molecule has 0 saturated carbocycles. The zero-order valence-corrected chi connectivity index (χ0v) is 14.6. The van der Waals surface area contributed by atoms with E-state index in [0.717, 1.165) is 0 Å². The van der Waals surface area contributed by atoms with E-state index in [-0.39, 0.29) is 25.9 Å². The van der Waals surface area contributed by atoms with Gasteiger partial charge in [-0.15, -0.1) is 0 Å². The summed E-state index contributed by atoms with van der Waals surface area (Å²) in [6.07, 6.45) is 1.83. The number of hydrogen-bond acceptors (Lipinski definition) is 9. The third-order valence-electron chi connectivity index (χ3n) is 2.64. The van der Waals surface area contributed by atoms with Crippen molar-refractivity contribution in [1.82, 2.24) is 14.8 Å². The molecule has 0 aliphatic carbocycles. The Morgan fingerprint density at radius 1 is 1.04 bits per heavy atom. The molecule has 10 nitrogen and oxygen atoms in total. The first-order valence-corrected chi connectivity index (χ1v) is 7.10. The van der Waals surface area contributed by atoms with Crippen LogP contribution in [-0.2, 0) is 39.8 Å². The van der Waals surface area contributed by atoms with Crippen LogP contribution in [0.25, 0.3) is 0 Å². The normalized spacial score (nSPS) is 12.7. The lowest BCUT2D eigenvalue weighted by molar-refractivity contribution is -0.160. The summed E-state index contributed by atoms with van der Waals surface area (Å²) in [6.45, 7) is 3.68. The van der Waals surface area contributed by atoms with Gasteiger partial charge in [0.15, 0.2) is 11.9 Å². The van der Waals surface area contributed by atoms with Gasteiger partial charge in [0.25, 0.3) is 0 Å². The second kappa shape index (κ2) is 13.5. The average molecular weight is 347 g/mol. The summed E-state index contributed by atoms with van der Waals surface area (Å²) < 4.78 is 25.0. The van der Waals surface area contributed by atoms with Crippen molar-refractivity contribution in [3.05, 3.63) is 12.7 Å². The van der Waals surface area contributed by atoms with Crippen molar-refractivity contribution in [2.45, 2.75) is 32.6 Å². The molecule has 1 aromatic heterocycles. The molecule has 0 aliphatic rings. The summed E-state index contributed by atoms with van der Waals surface area (Å²) in [7, 11) is 4.31. The minimum atomic E-state index is -0.551. The van der Waals surface area contributed by atoms with Crippen molar-refractivity contribution in [1.29, 1.82) is 0 Å². The highest BCUT2D eigenvalue weighted by molar-refractivity contribution is 5.82. The number of methoxy groups -OCH3 is 3. The number of aromatic nitrogens is 3. The molecule has 0 amide bonds. The summed E-state index contributed by atoms with van der Waals surface area (Å²) in [5.41, 5.74) is 0. The fourth-order valence-electron chi connectivity index (χ4n) is 1.27. The van der Waals surface area contributed by atoms with Gasteiger partial charge in [-0.1, -0.05) is 0 Å². The minimum Gasteiger partial charge on any atom is -0.467 e. The van der Waals surface area contributed by atoms with E-state index in [0.29, 0.717) is 0 Å². The monoisotopic (exact) mass is 347 g/mol. The van der Waals surface area contributed by atoms with Crippen LogP contribution in [-0.4, -0.2) is 73.6 Å². The molecule has 0 radical (unpaired) electrons. The fourth-order valence-corrected chi connectivity index (χ4v) is 1.27. The first-order valence-electron chi connectivity index (χ1n) is 7.10. The van der Waals surface area contributed by atoms with Crippen LogP contribution in [0.5, 0.6) is 0 Å². The molecule has 0 aliphatic heterocycles. The highest BCUT2D eigenvalue weighted by atomic mass is 16.7. The molecule has 0 N–H and O–H groups in total. The van der Waals surface area contributed by atoms with Crippen LogP contribution in [0.1, 0.15) is 13.8 Å². The van der Waals surface area contributed by atoms with E-state index >= 15 is 0 Å².